The first-order valence-corrected chi connectivity index (χ1v) is 6.00. The van der Waals surface area contributed by atoms with Crippen LogP contribution in [0.4, 0.5) is 14.5 Å². The van der Waals surface area contributed by atoms with Gasteiger partial charge in [-0.15, -0.1) is 0 Å². The van der Waals surface area contributed by atoms with E-state index in [0.29, 0.717) is 6.54 Å². The summed E-state index contributed by atoms with van der Waals surface area (Å²) in [6.45, 7) is 1.32. The molecule has 3 rings (SSSR count). The number of hydrogen-bond donors (Lipinski definition) is 1. The predicted octanol–water partition coefficient (Wildman–Crippen LogP) is 3.08. The number of hydrogen-bond acceptors (Lipinski definition) is 2. The summed E-state index contributed by atoms with van der Waals surface area (Å²) in [6.07, 6.45) is 0.956. The van der Waals surface area contributed by atoms with Gasteiger partial charge in [0.05, 0.1) is 12.3 Å². The topological polar surface area (TPSA) is 21.3 Å². The van der Waals surface area contributed by atoms with Crippen molar-refractivity contribution in [1.29, 1.82) is 0 Å². The molecule has 0 amide bonds. The molecule has 1 aliphatic carbocycles. The fourth-order valence-corrected chi connectivity index (χ4v) is 2.54. The summed E-state index contributed by atoms with van der Waals surface area (Å²) in [7, 11) is 0. The van der Waals surface area contributed by atoms with Crippen molar-refractivity contribution in [3.63, 3.8) is 0 Å². The first-order chi connectivity index (χ1) is 8.14. The number of para-hydroxylation sites is 1. The third-order valence-electron chi connectivity index (χ3n) is 3.47. The summed E-state index contributed by atoms with van der Waals surface area (Å²) < 4.78 is 30.9. The minimum atomic E-state index is -2.43. The average molecular weight is 239 g/mol. The minimum Gasteiger partial charge on any atom is -0.491 e. The predicted molar refractivity (Wildman–Crippen MR) is 61.8 cm³/mol. The van der Waals surface area contributed by atoms with Crippen molar-refractivity contribution in [3.8, 4) is 5.75 Å². The molecule has 0 atom stereocenters. The maximum absolute atomic E-state index is 12.7. The summed E-state index contributed by atoms with van der Waals surface area (Å²) in [5.41, 5.74) is 2.14. The molecule has 0 saturated heterocycles. The lowest BCUT2D eigenvalue weighted by Gasteiger charge is -2.35. The molecule has 17 heavy (non-hydrogen) atoms. The highest BCUT2D eigenvalue weighted by molar-refractivity contribution is 5.61. The lowest BCUT2D eigenvalue weighted by atomic mass is 9.81. The van der Waals surface area contributed by atoms with Crippen molar-refractivity contribution < 1.29 is 13.5 Å². The number of rotatable bonds is 3. The molecule has 0 bridgehead atoms. The lowest BCUT2D eigenvalue weighted by molar-refractivity contribution is -0.106. The van der Waals surface area contributed by atoms with E-state index in [-0.39, 0.29) is 18.8 Å². The van der Waals surface area contributed by atoms with Crippen molar-refractivity contribution in [3.05, 3.63) is 23.8 Å². The molecule has 0 spiro atoms. The van der Waals surface area contributed by atoms with Crippen LogP contribution in [0.15, 0.2) is 18.2 Å². The first-order valence-electron chi connectivity index (χ1n) is 6.00. The standard InChI is InChI=1S/C13H15F2NO/c14-13(15)6-9(7-13)8-16-11-3-1-2-10-4-5-17-12(10)11/h1-3,9,16H,4-8H2. The molecule has 1 heterocycles. The van der Waals surface area contributed by atoms with Gasteiger partial charge in [-0.05, 0) is 17.5 Å². The molecule has 1 aromatic carbocycles. The zero-order chi connectivity index (χ0) is 11.9. The summed E-state index contributed by atoms with van der Waals surface area (Å²) in [5.74, 6) is -1.44. The Kier molecular flexibility index (Phi) is 2.45. The second-order valence-electron chi connectivity index (χ2n) is 4.90. The van der Waals surface area contributed by atoms with Crippen LogP contribution in [-0.4, -0.2) is 19.1 Å². The van der Waals surface area contributed by atoms with E-state index in [1.165, 1.54) is 5.56 Å². The van der Waals surface area contributed by atoms with Gasteiger partial charge < -0.3 is 10.1 Å². The molecule has 1 aliphatic heterocycles. The van der Waals surface area contributed by atoms with Crippen molar-refractivity contribution >= 4 is 5.69 Å². The quantitative estimate of drug-likeness (QED) is 0.875. The van der Waals surface area contributed by atoms with E-state index in [0.717, 1.165) is 24.5 Å². The van der Waals surface area contributed by atoms with E-state index in [1.54, 1.807) is 0 Å². The lowest BCUT2D eigenvalue weighted by Crippen LogP contribution is -2.39. The van der Waals surface area contributed by atoms with Crippen LogP contribution in [0.1, 0.15) is 18.4 Å². The highest BCUT2D eigenvalue weighted by atomic mass is 19.3. The molecule has 1 saturated carbocycles. The van der Waals surface area contributed by atoms with Gasteiger partial charge in [-0.25, -0.2) is 8.78 Å². The normalized spacial score (nSPS) is 21.5. The van der Waals surface area contributed by atoms with Gasteiger partial charge in [0.1, 0.15) is 5.75 Å². The monoisotopic (exact) mass is 239 g/mol. The molecule has 1 aromatic rings. The molecule has 0 radical (unpaired) electrons. The Bertz CT molecular complexity index is 425. The number of nitrogens with one attached hydrogen (secondary N) is 1. The van der Waals surface area contributed by atoms with Crippen LogP contribution in [-0.2, 0) is 6.42 Å². The van der Waals surface area contributed by atoms with Crippen LogP contribution in [0.2, 0.25) is 0 Å². The van der Waals surface area contributed by atoms with Crippen LogP contribution >= 0.6 is 0 Å². The van der Waals surface area contributed by atoms with Gasteiger partial charge in [-0.3, -0.25) is 0 Å². The number of ether oxygens (including phenoxy) is 1. The van der Waals surface area contributed by atoms with Crippen molar-refractivity contribution in [2.75, 3.05) is 18.5 Å². The molecule has 0 aromatic heterocycles. The second kappa shape index (κ2) is 3.86. The maximum Gasteiger partial charge on any atom is 0.248 e. The number of halogens is 2. The fraction of sp³-hybridized carbons (Fsp3) is 0.538. The largest absolute Gasteiger partial charge is 0.491 e. The van der Waals surface area contributed by atoms with Crippen LogP contribution < -0.4 is 10.1 Å². The van der Waals surface area contributed by atoms with E-state index < -0.39 is 5.92 Å². The molecule has 2 aliphatic rings. The van der Waals surface area contributed by atoms with Crippen LogP contribution in [0, 0.1) is 5.92 Å². The van der Waals surface area contributed by atoms with E-state index in [9.17, 15) is 8.78 Å². The van der Waals surface area contributed by atoms with Gasteiger partial charge in [0, 0.05) is 25.8 Å². The second-order valence-corrected chi connectivity index (χ2v) is 4.90. The van der Waals surface area contributed by atoms with Gasteiger partial charge in [-0.2, -0.15) is 0 Å². The molecule has 92 valence electrons. The Morgan fingerprint density at radius 3 is 2.94 bits per heavy atom. The zero-order valence-electron chi connectivity index (χ0n) is 9.51. The Balaban J connectivity index is 1.61. The summed E-state index contributed by atoms with van der Waals surface area (Å²) >= 11 is 0. The zero-order valence-corrected chi connectivity index (χ0v) is 9.51. The smallest absolute Gasteiger partial charge is 0.248 e. The number of anilines is 1. The van der Waals surface area contributed by atoms with Crippen LogP contribution in [0.3, 0.4) is 0 Å². The summed E-state index contributed by atoms with van der Waals surface area (Å²) in [4.78, 5) is 0. The molecule has 1 N–H and O–H groups in total. The fourth-order valence-electron chi connectivity index (χ4n) is 2.54. The van der Waals surface area contributed by atoms with E-state index in [2.05, 4.69) is 5.32 Å². The van der Waals surface area contributed by atoms with Crippen molar-refractivity contribution in [1.82, 2.24) is 0 Å². The Labute approximate surface area is 99.0 Å². The van der Waals surface area contributed by atoms with Crippen molar-refractivity contribution in [2.24, 2.45) is 5.92 Å². The van der Waals surface area contributed by atoms with E-state index >= 15 is 0 Å². The number of benzene rings is 1. The SMILES string of the molecule is FC1(F)CC(CNc2cccc3c2OCC3)C1. The average Bonchev–Trinajstić information content (AvgIpc) is 2.71. The third kappa shape index (κ3) is 2.08. The highest BCUT2D eigenvalue weighted by Gasteiger charge is 2.44. The minimum absolute atomic E-state index is 0.00980. The molecular weight excluding hydrogens is 224 g/mol. The number of alkyl halides is 2. The molecule has 0 unspecified atom stereocenters. The Morgan fingerprint density at radius 2 is 2.18 bits per heavy atom. The van der Waals surface area contributed by atoms with Gasteiger partial charge >= 0.3 is 0 Å². The highest BCUT2D eigenvalue weighted by Crippen LogP contribution is 2.42. The molecular formula is C13H15F2NO. The third-order valence-corrected chi connectivity index (χ3v) is 3.47. The van der Waals surface area contributed by atoms with Gasteiger partial charge in [0.25, 0.3) is 0 Å². The molecule has 4 heteroatoms. The number of fused-ring (bicyclic) bond motifs is 1. The summed E-state index contributed by atoms with van der Waals surface area (Å²) in [6, 6.07) is 5.97. The van der Waals surface area contributed by atoms with Crippen molar-refractivity contribution in [2.45, 2.75) is 25.2 Å². The first kappa shape index (κ1) is 10.8. The van der Waals surface area contributed by atoms with Crippen LogP contribution in [0.25, 0.3) is 0 Å². The van der Waals surface area contributed by atoms with E-state index in [1.807, 2.05) is 18.2 Å². The Hall–Kier alpha value is -1.32. The van der Waals surface area contributed by atoms with Gasteiger partial charge in [0.2, 0.25) is 5.92 Å². The van der Waals surface area contributed by atoms with Crippen LogP contribution in [0.5, 0.6) is 5.75 Å². The van der Waals surface area contributed by atoms with Gasteiger partial charge in [-0.1, -0.05) is 12.1 Å². The molecule has 2 nitrogen and oxygen atoms in total. The van der Waals surface area contributed by atoms with Gasteiger partial charge in [0.15, 0.2) is 0 Å². The summed E-state index contributed by atoms with van der Waals surface area (Å²) in [5, 5.41) is 3.23. The molecule has 1 fully saturated rings. The maximum atomic E-state index is 12.7. The Morgan fingerprint density at radius 1 is 1.35 bits per heavy atom. The van der Waals surface area contributed by atoms with E-state index in [4.69, 9.17) is 4.74 Å².